The number of hydrogen-bond acceptors (Lipinski definition) is 2. The molecular weight excluding hydrogens is 308 g/mol. The summed E-state index contributed by atoms with van der Waals surface area (Å²) in [5.74, 6) is 0. The molecule has 0 saturated heterocycles. The highest BCUT2D eigenvalue weighted by molar-refractivity contribution is 5.71. The molecule has 130 valence electrons. The van der Waals surface area contributed by atoms with Crippen molar-refractivity contribution in [2.24, 2.45) is 7.05 Å². The monoisotopic (exact) mass is 335 g/mol. The number of para-hydroxylation sites is 4. The predicted octanol–water partition coefficient (Wildman–Crippen LogP) is 3.94. The van der Waals surface area contributed by atoms with E-state index in [1.807, 2.05) is 19.3 Å². The molecule has 0 aliphatic rings. The van der Waals surface area contributed by atoms with E-state index in [2.05, 4.69) is 81.8 Å². The lowest BCUT2D eigenvalue weighted by molar-refractivity contribution is -0.645. The van der Waals surface area contributed by atoms with Crippen LogP contribution in [-0.4, -0.2) is 18.2 Å². The van der Waals surface area contributed by atoms with Crippen LogP contribution in [0.25, 0.3) is 11.0 Å². The molecule has 0 atom stereocenters. The molecule has 0 fully saturated rings. The lowest BCUT2D eigenvalue weighted by Crippen LogP contribution is -2.25. The average molecular weight is 335 g/mol. The van der Waals surface area contributed by atoms with Crippen LogP contribution in [0.15, 0.2) is 67.6 Å². The van der Waals surface area contributed by atoms with Gasteiger partial charge in [-0.2, -0.15) is 0 Å². The third kappa shape index (κ3) is 3.68. The summed E-state index contributed by atoms with van der Waals surface area (Å²) in [7, 11) is 4.06. The summed E-state index contributed by atoms with van der Waals surface area (Å²) in [6.07, 6.45) is 6.35. The summed E-state index contributed by atoms with van der Waals surface area (Å²) in [5.41, 5.74) is 4.88. The molecular formula is C21H27N4+. The van der Waals surface area contributed by atoms with Gasteiger partial charge in [-0.1, -0.05) is 30.8 Å². The van der Waals surface area contributed by atoms with E-state index in [1.54, 1.807) is 0 Å². The van der Waals surface area contributed by atoms with Gasteiger partial charge < -0.3 is 10.2 Å². The van der Waals surface area contributed by atoms with Crippen LogP contribution >= 0.6 is 0 Å². The van der Waals surface area contributed by atoms with Gasteiger partial charge in [-0.15, -0.1) is 0 Å². The zero-order chi connectivity index (χ0) is 17.6. The number of benzene rings is 2. The number of nitrogens with one attached hydrogen (secondary N) is 1. The highest BCUT2D eigenvalue weighted by atomic mass is 15.1. The van der Waals surface area contributed by atoms with Crippen molar-refractivity contribution in [1.82, 2.24) is 4.57 Å². The van der Waals surface area contributed by atoms with Crippen LogP contribution in [-0.2, 0) is 13.6 Å². The molecule has 0 aliphatic heterocycles. The number of aryl methyl sites for hydroxylation is 2. The standard InChI is InChI=1S/C21H27N4/c1-4-24(19-12-6-5-11-18(19)22-2)15-9-10-16-25-17-23(3)20-13-7-8-14-21(20)25/h4-8,11-14,17,22H,1,9-10,15-16H2,2-3H3/q+1. The Morgan fingerprint density at radius 3 is 2.68 bits per heavy atom. The minimum absolute atomic E-state index is 0.966. The minimum Gasteiger partial charge on any atom is -0.386 e. The summed E-state index contributed by atoms with van der Waals surface area (Å²) in [6, 6.07) is 16.9. The first kappa shape index (κ1) is 17.1. The van der Waals surface area contributed by atoms with E-state index < -0.39 is 0 Å². The van der Waals surface area contributed by atoms with Crippen molar-refractivity contribution >= 4 is 22.4 Å². The van der Waals surface area contributed by atoms with Crippen molar-refractivity contribution < 1.29 is 4.57 Å². The molecule has 25 heavy (non-hydrogen) atoms. The third-order valence-corrected chi connectivity index (χ3v) is 4.63. The second-order valence-electron chi connectivity index (χ2n) is 6.26. The van der Waals surface area contributed by atoms with E-state index in [4.69, 9.17) is 0 Å². The van der Waals surface area contributed by atoms with E-state index in [1.165, 1.54) is 16.7 Å². The Morgan fingerprint density at radius 2 is 1.88 bits per heavy atom. The highest BCUT2D eigenvalue weighted by Crippen LogP contribution is 2.25. The van der Waals surface area contributed by atoms with Crippen molar-refractivity contribution in [1.29, 1.82) is 0 Å². The molecule has 0 spiro atoms. The van der Waals surface area contributed by atoms with Gasteiger partial charge >= 0.3 is 0 Å². The van der Waals surface area contributed by atoms with E-state index in [0.717, 1.165) is 31.6 Å². The van der Waals surface area contributed by atoms with Gasteiger partial charge in [0.2, 0.25) is 6.33 Å². The van der Waals surface area contributed by atoms with Crippen LogP contribution in [0.4, 0.5) is 11.4 Å². The van der Waals surface area contributed by atoms with Gasteiger partial charge in [0.1, 0.15) is 0 Å². The van der Waals surface area contributed by atoms with E-state index in [0.29, 0.717) is 0 Å². The molecule has 3 aromatic rings. The van der Waals surface area contributed by atoms with Gasteiger partial charge in [0.15, 0.2) is 11.0 Å². The van der Waals surface area contributed by atoms with Crippen LogP contribution in [0.1, 0.15) is 12.8 Å². The fourth-order valence-electron chi connectivity index (χ4n) is 3.33. The first-order valence-corrected chi connectivity index (χ1v) is 8.84. The molecule has 2 aromatic carbocycles. The summed E-state index contributed by atoms with van der Waals surface area (Å²) < 4.78 is 4.53. The molecule has 0 amide bonds. The maximum absolute atomic E-state index is 3.98. The van der Waals surface area contributed by atoms with E-state index in [-0.39, 0.29) is 0 Å². The first-order chi connectivity index (χ1) is 12.2. The number of anilines is 2. The third-order valence-electron chi connectivity index (χ3n) is 4.63. The molecule has 4 nitrogen and oxygen atoms in total. The topological polar surface area (TPSA) is 24.1 Å². The summed E-state index contributed by atoms with van der Waals surface area (Å²) in [4.78, 5) is 2.22. The molecule has 0 bridgehead atoms. The SMILES string of the molecule is C=CN(CCCCn1c[n+](C)c2ccccc21)c1ccccc1NC. The fraction of sp³-hybridized carbons (Fsp3) is 0.286. The predicted molar refractivity (Wildman–Crippen MR) is 106 cm³/mol. The van der Waals surface area contributed by atoms with E-state index in [9.17, 15) is 0 Å². The van der Waals surface area contributed by atoms with Gasteiger partial charge in [0.05, 0.1) is 25.0 Å². The van der Waals surface area contributed by atoms with Crippen molar-refractivity contribution in [3.05, 3.63) is 67.6 Å². The first-order valence-electron chi connectivity index (χ1n) is 8.84. The van der Waals surface area contributed by atoms with Gasteiger partial charge in [-0.05, 0) is 43.3 Å². The Kier molecular flexibility index (Phi) is 5.39. The number of fused-ring (bicyclic) bond motifs is 1. The molecule has 4 heteroatoms. The van der Waals surface area contributed by atoms with Crippen molar-refractivity contribution in [2.45, 2.75) is 19.4 Å². The Balaban J connectivity index is 1.61. The Morgan fingerprint density at radius 1 is 1.12 bits per heavy atom. The quantitative estimate of drug-likeness (QED) is 0.498. The lowest BCUT2D eigenvalue weighted by atomic mass is 10.2. The molecule has 0 saturated carbocycles. The Hall–Kier alpha value is -2.75. The normalized spacial score (nSPS) is 10.8. The maximum Gasteiger partial charge on any atom is 0.244 e. The number of unbranched alkanes of at least 4 members (excludes halogenated alkanes) is 1. The molecule has 0 unspecified atom stereocenters. The van der Waals surface area contributed by atoms with Gasteiger partial charge in [-0.3, -0.25) is 0 Å². The fourth-order valence-corrected chi connectivity index (χ4v) is 3.33. The van der Waals surface area contributed by atoms with Crippen molar-refractivity contribution in [2.75, 3.05) is 23.8 Å². The van der Waals surface area contributed by atoms with Crippen molar-refractivity contribution in [3.63, 3.8) is 0 Å². The number of imidazole rings is 1. The maximum atomic E-state index is 3.98. The summed E-state index contributed by atoms with van der Waals surface area (Å²) >= 11 is 0. The lowest BCUT2D eigenvalue weighted by Gasteiger charge is -2.22. The number of hydrogen-bond donors (Lipinski definition) is 1. The van der Waals surface area contributed by atoms with Crippen LogP contribution in [0.5, 0.6) is 0 Å². The zero-order valence-corrected chi connectivity index (χ0v) is 15.2. The second-order valence-corrected chi connectivity index (χ2v) is 6.26. The van der Waals surface area contributed by atoms with Gasteiger partial charge in [0, 0.05) is 13.6 Å². The number of nitrogens with zero attached hydrogens (tertiary/aromatic N) is 3. The van der Waals surface area contributed by atoms with Crippen LogP contribution in [0.2, 0.25) is 0 Å². The number of aromatic nitrogens is 2. The molecule has 0 aliphatic carbocycles. The van der Waals surface area contributed by atoms with Crippen LogP contribution in [0, 0.1) is 0 Å². The minimum atomic E-state index is 0.966. The Labute approximate surface area is 150 Å². The Bertz CT molecular complexity index is 850. The van der Waals surface area contributed by atoms with Crippen LogP contribution in [0.3, 0.4) is 0 Å². The number of rotatable bonds is 8. The van der Waals surface area contributed by atoms with Gasteiger partial charge in [-0.25, -0.2) is 9.13 Å². The second kappa shape index (κ2) is 7.88. The highest BCUT2D eigenvalue weighted by Gasteiger charge is 2.12. The smallest absolute Gasteiger partial charge is 0.244 e. The van der Waals surface area contributed by atoms with E-state index >= 15 is 0 Å². The van der Waals surface area contributed by atoms with Gasteiger partial charge in [0.25, 0.3) is 0 Å². The molecule has 0 radical (unpaired) electrons. The van der Waals surface area contributed by atoms with Crippen LogP contribution < -0.4 is 14.8 Å². The zero-order valence-electron chi connectivity index (χ0n) is 15.2. The molecule has 1 heterocycles. The molecule has 1 N–H and O–H groups in total. The average Bonchev–Trinajstić information content (AvgIpc) is 2.98. The molecule has 1 aromatic heterocycles. The van der Waals surface area contributed by atoms with Crippen molar-refractivity contribution in [3.8, 4) is 0 Å². The molecule has 3 rings (SSSR count). The summed E-state index contributed by atoms with van der Waals surface area (Å²) in [6.45, 7) is 5.98. The largest absolute Gasteiger partial charge is 0.386 e. The summed E-state index contributed by atoms with van der Waals surface area (Å²) in [5, 5.41) is 3.25.